The zero-order valence-corrected chi connectivity index (χ0v) is 23.0. The van der Waals surface area contributed by atoms with Crippen LogP contribution in [0.3, 0.4) is 0 Å². The number of hydrogen-bond acceptors (Lipinski definition) is 6. The first kappa shape index (κ1) is 28.6. The third-order valence-corrected chi connectivity index (χ3v) is 7.28. The van der Waals surface area contributed by atoms with E-state index in [1.165, 1.54) is 17.4 Å². The number of aromatic nitrogens is 1. The minimum atomic E-state index is -0.543. The minimum absolute atomic E-state index is 0.0826. The first-order valence-corrected chi connectivity index (χ1v) is 13.8. The molecule has 0 spiro atoms. The van der Waals surface area contributed by atoms with E-state index < -0.39 is 5.82 Å². The number of pyridine rings is 1. The minimum Gasteiger partial charge on any atom is -0.453 e. The zero-order chi connectivity index (χ0) is 26.6. The smallest absolute Gasteiger partial charge is 0.227 e. The van der Waals surface area contributed by atoms with E-state index in [1.807, 2.05) is 13.1 Å². The van der Waals surface area contributed by atoms with Gasteiger partial charge in [0.25, 0.3) is 0 Å². The lowest BCUT2D eigenvalue weighted by Gasteiger charge is -2.17. The van der Waals surface area contributed by atoms with E-state index in [1.54, 1.807) is 24.4 Å². The maximum Gasteiger partial charge on any atom is 0.227 e. The van der Waals surface area contributed by atoms with Gasteiger partial charge in [-0.1, -0.05) is 45.5 Å². The predicted molar refractivity (Wildman–Crippen MR) is 151 cm³/mol. The molecule has 3 aromatic rings. The van der Waals surface area contributed by atoms with Crippen LogP contribution in [0.1, 0.15) is 51.3 Å². The Balaban J connectivity index is 1.72. The number of halogens is 1. The number of nitrogens with one attached hydrogen (secondary N) is 2. The molecule has 1 aromatic carbocycles. The zero-order valence-electron chi connectivity index (χ0n) is 22.2. The fourth-order valence-corrected chi connectivity index (χ4v) is 4.88. The molecule has 0 aliphatic heterocycles. The average Bonchev–Trinajstić information content (AvgIpc) is 3.32. The third-order valence-electron chi connectivity index (χ3n) is 6.22. The highest BCUT2D eigenvalue weighted by atomic mass is 32.1. The normalized spacial score (nSPS) is 11.8. The number of carbonyl (C=O) groups is 1. The van der Waals surface area contributed by atoms with Crippen molar-refractivity contribution < 1.29 is 13.9 Å². The Morgan fingerprint density at radius 1 is 1.16 bits per heavy atom. The number of rotatable bonds is 13. The van der Waals surface area contributed by atoms with Crippen LogP contribution < -0.4 is 15.4 Å². The van der Waals surface area contributed by atoms with Crippen LogP contribution in [-0.4, -0.2) is 49.0 Å². The Labute approximate surface area is 223 Å². The number of fused-ring (bicyclic) bond motifs is 1. The second kappa shape index (κ2) is 14.7. The lowest BCUT2D eigenvalue weighted by atomic mass is 9.97. The summed E-state index contributed by atoms with van der Waals surface area (Å²) in [5.74, 6) is 6.30. The summed E-state index contributed by atoms with van der Waals surface area (Å²) in [5.41, 5.74) is 1.18. The van der Waals surface area contributed by atoms with Crippen molar-refractivity contribution >= 4 is 33.1 Å². The van der Waals surface area contributed by atoms with Gasteiger partial charge >= 0.3 is 0 Å². The van der Waals surface area contributed by atoms with Crippen molar-refractivity contribution in [2.24, 2.45) is 5.92 Å². The van der Waals surface area contributed by atoms with Gasteiger partial charge in [0.05, 0.1) is 21.6 Å². The van der Waals surface area contributed by atoms with Crippen LogP contribution in [0.15, 0.2) is 36.5 Å². The quantitative estimate of drug-likeness (QED) is 0.258. The molecule has 6 nitrogen and oxygen atoms in total. The van der Waals surface area contributed by atoms with Crippen molar-refractivity contribution in [2.75, 3.05) is 38.5 Å². The van der Waals surface area contributed by atoms with Crippen LogP contribution in [0.4, 0.5) is 10.1 Å². The van der Waals surface area contributed by atoms with E-state index in [0.717, 1.165) is 60.4 Å². The SMILES string of the molecule is CCCCC(CCNC)C(=O)Nc1ccc(Oc2ccnc3cc(C#CCN(CC)CC)sc23)c(F)c1. The first-order chi connectivity index (χ1) is 18.0. The molecule has 0 saturated carbocycles. The molecular formula is C29H37FN4O2S. The summed E-state index contributed by atoms with van der Waals surface area (Å²) in [5, 5.41) is 5.97. The number of amides is 1. The predicted octanol–water partition coefficient (Wildman–Crippen LogP) is 6.28. The van der Waals surface area contributed by atoms with Gasteiger partial charge in [0, 0.05) is 29.9 Å². The van der Waals surface area contributed by atoms with Crippen molar-refractivity contribution in [3.8, 4) is 23.3 Å². The Hall–Kier alpha value is -2.99. The van der Waals surface area contributed by atoms with Gasteiger partial charge in [-0.3, -0.25) is 14.7 Å². The van der Waals surface area contributed by atoms with Crippen molar-refractivity contribution in [1.82, 2.24) is 15.2 Å². The summed E-state index contributed by atoms with van der Waals surface area (Å²) >= 11 is 1.48. The van der Waals surface area contributed by atoms with Crippen molar-refractivity contribution in [3.05, 3.63) is 47.2 Å². The summed E-state index contributed by atoms with van der Waals surface area (Å²) in [4.78, 5) is 20.3. The number of nitrogens with zero attached hydrogens (tertiary/aromatic N) is 2. The second-order valence-electron chi connectivity index (χ2n) is 8.87. The Morgan fingerprint density at radius 3 is 2.68 bits per heavy atom. The number of ether oxygens (including phenoxy) is 1. The summed E-state index contributed by atoms with van der Waals surface area (Å²) < 4.78 is 21.7. The molecule has 0 aliphatic rings. The number of anilines is 1. The van der Waals surface area contributed by atoms with E-state index in [-0.39, 0.29) is 17.6 Å². The van der Waals surface area contributed by atoms with Crippen LogP contribution in [-0.2, 0) is 4.79 Å². The number of carbonyl (C=O) groups excluding carboxylic acids is 1. The molecule has 1 atom stereocenters. The van der Waals surface area contributed by atoms with E-state index in [4.69, 9.17) is 4.74 Å². The molecule has 2 heterocycles. The standard InChI is InChI=1S/C29H37FN4O2S/c1-5-8-10-21(14-16-31-4)29(35)33-22-12-13-26(24(30)19-22)36-27-15-17-32-25-20-23(37-28(25)27)11-9-18-34(6-2)7-3/h12-13,15,17,19-21,31H,5-8,10,14,16,18H2,1-4H3,(H,33,35). The van der Waals surface area contributed by atoms with Crippen LogP contribution in [0.25, 0.3) is 10.2 Å². The molecule has 2 aromatic heterocycles. The topological polar surface area (TPSA) is 66.5 Å². The first-order valence-electron chi connectivity index (χ1n) is 13.0. The Kier molecular flexibility index (Phi) is 11.3. The molecule has 0 aliphatic carbocycles. The van der Waals surface area contributed by atoms with Gasteiger partial charge < -0.3 is 15.4 Å². The summed E-state index contributed by atoms with van der Waals surface area (Å²) in [6, 6.07) is 8.17. The van der Waals surface area contributed by atoms with Gasteiger partial charge in [0.2, 0.25) is 5.91 Å². The number of hydrogen-bond donors (Lipinski definition) is 2. The van der Waals surface area contributed by atoms with Gasteiger partial charge in [-0.25, -0.2) is 4.39 Å². The molecule has 1 amide bonds. The molecule has 3 rings (SSSR count). The van der Waals surface area contributed by atoms with E-state index >= 15 is 0 Å². The molecule has 0 saturated heterocycles. The van der Waals surface area contributed by atoms with E-state index in [2.05, 4.69) is 53.1 Å². The molecule has 8 heteroatoms. The fraction of sp³-hybridized carbons (Fsp3) is 0.448. The highest BCUT2D eigenvalue weighted by molar-refractivity contribution is 7.19. The number of benzene rings is 1. The van der Waals surface area contributed by atoms with Crippen molar-refractivity contribution in [3.63, 3.8) is 0 Å². The molecule has 198 valence electrons. The highest BCUT2D eigenvalue weighted by Gasteiger charge is 2.19. The maximum atomic E-state index is 15.0. The third kappa shape index (κ3) is 8.26. The Morgan fingerprint density at radius 2 is 1.97 bits per heavy atom. The average molecular weight is 525 g/mol. The van der Waals surface area contributed by atoms with Crippen LogP contribution >= 0.6 is 11.3 Å². The lowest BCUT2D eigenvalue weighted by molar-refractivity contribution is -0.120. The number of thiophene rings is 1. The molecule has 37 heavy (non-hydrogen) atoms. The molecule has 1 unspecified atom stereocenters. The fourth-order valence-electron chi connectivity index (χ4n) is 3.94. The molecule has 0 bridgehead atoms. The van der Waals surface area contributed by atoms with Crippen molar-refractivity contribution in [1.29, 1.82) is 0 Å². The van der Waals surface area contributed by atoms with Crippen LogP contribution in [0, 0.1) is 23.6 Å². The van der Waals surface area contributed by atoms with Crippen molar-refractivity contribution in [2.45, 2.75) is 46.5 Å². The molecule has 0 radical (unpaired) electrons. The summed E-state index contributed by atoms with van der Waals surface area (Å²) in [6.07, 6.45) is 5.21. The molecule has 2 N–H and O–H groups in total. The molecular weight excluding hydrogens is 487 g/mol. The van der Waals surface area contributed by atoms with E-state index in [9.17, 15) is 9.18 Å². The maximum absolute atomic E-state index is 15.0. The lowest BCUT2D eigenvalue weighted by Crippen LogP contribution is -2.26. The Bertz CT molecular complexity index is 1220. The van der Waals surface area contributed by atoms with Crippen LogP contribution in [0.2, 0.25) is 0 Å². The van der Waals surface area contributed by atoms with Gasteiger partial charge in [-0.05, 0) is 57.7 Å². The highest BCUT2D eigenvalue weighted by Crippen LogP contribution is 2.36. The van der Waals surface area contributed by atoms with Gasteiger partial charge in [0.1, 0.15) is 5.75 Å². The monoisotopic (exact) mass is 524 g/mol. The van der Waals surface area contributed by atoms with E-state index in [0.29, 0.717) is 18.0 Å². The summed E-state index contributed by atoms with van der Waals surface area (Å²) in [7, 11) is 1.87. The van der Waals surface area contributed by atoms with Crippen LogP contribution in [0.5, 0.6) is 11.5 Å². The molecule has 0 fully saturated rings. The second-order valence-corrected chi connectivity index (χ2v) is 9.92. The van der Waals surface area contributed by atoms with Gasteiger partial charge in [-0.15, -0.1) is 11.3 Å². The number of unbranched alkanes of at least 4 members (excludes halogenated alkanes) is 1. The summed E-state index contributed by atoms with van der Waals surface area (Å²) in [6.45, 7) is 9.73. The van der Waals surface area contributed by atoms with Gasteiger partial charge in [-0.2, -0.15) is 0 Å². The largest absolute Gasteiger partial charge is 0.453 e. The van der Waals surface area contributed by atoms with Gasteiger partial charge in [0.15, 0.2) is 11.6 Å².